The molecule has 42 heavy (non-hydrogen) atoms. The summed E-state index contributed by atoms with van der Waals surface area (Å²) in [5, 5.41) is 3.15. The van der Waals surface area contributed by atoms with Crippen molar-refractivity contribution in [3.05, 3.63) is 102 Å². The zero-order valence-corrected chi connectivity index (χ0v) is 25.5. The fourth-order valence-electron chi connectivity index (χ4n) is 5.35. The van der Waals surface area contributed by atoms with Gasteiger partial charge in [-0.05, 0) is 55.3 Å². The number of hydrogen-bond donors (Lipinski definition) is 1. The molecule has 0 aromatic heterocycles. The molecule has 1 heterocycles. The molecule has 1 aliphatic heterocycles. The third-order valence-electron chi connectivity index (χ3n) is 7.78. The predicted octanol–water partition coefficient (Wildman–Crippen LogP) is 4.61. The number of rotatable bonds is 13. The van der Waals surface area contributed by atoms with E-state index >= 15 is 0 Å². The third-order valence-corrected chi connectivity index (χ3v) is 7.78. The molecule has 0 spiro atoms. The van der Waals surface area contributed by atoms with Gasteiger partial charge in [0.1, 0.15) is 18.4 Å². The van der Waals surface area contributed by atoms with Crippen molar-refractivity contribution < 1.29 is 14.3 Å². The van der Waals surface area contributed by atoms with E-state index in [4.69, 9.17) is 4.74 Å². The van der Waals surface area contributed by atoms with Crippen molar-refractivity contribution >= 4 is 11.8 Å². The van der Waals surface area contributed by atoms with Crippen molar-refractivity contribution in [1.82, 2.24) is 20.0 Å². The Kier molecular flexibility index (Phi) is 11.6. The van der Waals surface area contributed by atoms with E-state index in [-0.39, 0.29) is 17.9 Å². The zero-order chi connectivity index (χ0) is 29.9. The molecule has 224 valence electrons. The van der Waals surface area contributed by atoms with Crippen molar-refractivity contribution in [2.75, 3.05) is 40.3 Å². The number of carbonyl (C=O) groups is 2. The van der Waals surface area contributed by atoms with Crippen molar-refractivity contribution in [3.63, 3.8) is 0 Å². The number of piperazine rings is 1. The van der Waals surface area contributed by atoms with E-state index in [1.807, 2.05) is 84.6 Å². The van der Waals surface area contributed by atoms with Crippen LogP contribution in [0.5, 0.6) is 5.75 Å². The maximum absolute atomic E-state index is 13.9. The minimum atomic E-state index is -0.635. The van der Waals surface area contributed by atoms with E-state index in [9.17, 15) is 9.59 Å². The number of hydrogen-bond acceptors (Lipinski definition) is 5. The SMILES string of the molecule is CC(C)C[C@H](C(=O)N[C@@H](Cc1ccc(OCc2ccccc2)cc1)C(=O)N1CCN(Cc2ccccc2)CC1)N(C)C. The van der Waals surface area contributed by atoms with Gasteiger partial charge >= 0.3 is 0 Å². The molecule has 0 radical (unpaired) electrons. The molecule has 7 nitrogen and oxygen atoms in total. The van der Waals surface area contributed by atoms with E-state index in [0.29, 0.717) is 32.0 Å². The van der Waals surface area contributed by atoms with Crippen molar-refractivity contribution in [2.45, 2.75) is 51.9 Å². The van der Waals surface area contributed by atoms with Gasteiger partial charge in [0.05, 0.1) is 6.04 Å². The average Bonchev–Trinajstić information content (AvgIpc) is 3.00. The number of nitrogens with one attached hydrogen (secondary N) is 1. The second-order valence-electron chi connectivity index (χ2n) is 11.9. The molecular weight excluding hydrogens is 524 g/mol. The van der Waals surface area contributed by atoms with Crippen LogP contribution in [-0.2, 0) is 29.2 Å². The lowest BCUT2D eigenvalue weighted by atomic mass is 10.00. The maximum atomic E-state index is 13.9. The molecule has 3 aromatic rings. The molecule has 4 rings (SSSR count). The summed E-state index contributed by atoms with van der Waals surface area (Å²) in [5.74, 6) is 1.01. The summed E-state index contributed by atoms with van der Waals surface area (Å²) < 4.78 is 5.95. The minimum Gasteiger partial charge on any atom is -0.489 e. The molecule has 1 N–H and O–H groups in total. The Morgan fingerprint density at radius 2 is 1.40 bits per heavy atom. The number of ether oxygens (including phenoxy) is 1. The van der Waals surface area contributed by atoms with Crippen molar-refractivity contribution in [1.29, 1.82) is 0 Å². The summed E-state index contributed by atoms with van der Waals surface area (Å²) in [6.45, 7) is 8.51. The maximum Gasteiger partial charge on any atom is 0.245 e. The van der Waals surface area contributed by atoms with Gasteiger partial charge in [0.25, 0.3) is 0 Å². The quantitative estimate of drug-likeness (QED) is 0.325. The molecule has 7 heteroatoms. The summed E-state index contributed by atoms with van der Waals surface area (Å²) >= 11 is 0. The largest absolute Gasteiger partial charge is 0.489 e. The Morgan fingerprint density at radius 1 is 0.810 bits per heavy atom. The molecule has 0 saturated carbocycles. The normalized spacial score (nSPS) is 15.4. The van der Waals surface area contributed by atoms with Crippen LogP contribution in [0.2, 0.25) is 0 Å². The molecule has 0 aliphatic carbocycles. The predicted molar refractivity (Wildman–Crippen MR) is 168 cm³/mol. The fraction of sp³-hybridized carbons (Fsp3) is 0.429. The molecule has 2 amide bonds. The first kappa shape index (κ1) is 31.3. The van der Waals surface area contributed by atoms with Crippen LogP contribution in [-0.4, -0.2) is 78.9 Å². The standard InChI is InChI=1S/C35H46N4O3/c1-27(2)23-33(37(3)4)34(40)36-32(24-28-15-17-31(18-16-28)42-26-30-13-9-6-10-14-30)35(41)39-21-19-38(20-22-39)25-29-11-7-5-8-12-29/h5-18,27,32-33H,19-26H2,1-4H3,(H,36,40)/t32-,33+/m0/s1. The first-order chi connectivity index (χ1) is 20.3. The van der Waals surface area contributed by atoms with Gasteiger partial charge in [-0.1, -0.05) is 86.6 Å². The van der Waals surface area contributed by atoms with Crippen LogP contribution in [0.3, 0.4) is 0 Å². The van der Waals surface area contributed by atoms with Crippen LogP contribution < -0.4 is 10.1 Å². The lowest BCUT2D eigenvalue weighted by molar-refractivity contribution is -0.139. The molecule has 2 atom stereocenters. The third kappa shape index (κ3) is 9.43. The van der Waals surface area contributed by atoms with Gasteiger partial charge in [-0.2, -0.15) is 0 Å². The highest BCUT2D eigenvalue weighted by Gasteiger charge is 2.31. The summed E-state index contributed by atoms with van der Waals surface area (Å²) in [6.07, 6.45) is 1.15. The smallest absolute Gasteiger partial charge is 0.245 e. The number of benzene rings is 3. The molecule has 1 aliphatic rings. The second kappa shape index (κ2) is 15.5. The van der Waals surface area contributed by atoms with E-state index < -0.39 is 6.04 Å². The summed E-state index contributed by atoms with van der Waals surface area (Å²) in [4.78, 5) is 33.6. The average molecular weight is 571 g/mol. The monoisotopic (exact) mass is 570 g/mol. The number of amides is 2. The minimum absolute atomic E-state index is 0.0193. The van der Waals surface area contributed by atoms with Gasteiger partial charge in [-0.15, -0.1) is 0 Å². The van der Waals surface area contributed by atoms with Crippen LogP contribution in [0.4, 0.5) is 0 Å². The van der Waals surface area contributed by atoms with E-state index in [0.717, 1.165) is 42.9 Å². The highest BCUT2D eigenvalue weighted by molar-refractivity contribution is 5.90. The van der Waals surface area contributed by atoms with E-state index in [2.05, 4.69) is 48.3 Å². The van der Waals surface area contributed by atoms with Gasteiger partial charge < -0.3 is 15.0 Å². The Hall–Kier alpha value is -3.68. The Bertz CT molecular complexity index is 1240. The Balaban J connectivity index is 1.42. The Labute approximate surface area is 251 Å². The highest BCUT2D eigenvalue weighted by atomic mass is 16.5. The van der Waals surface area contributed by atoms with Gasteiger partial charge in [-0.3, -0.25) is 19.4 Å². The summed E-state index contributed by atoms with van der Waals surface area (Å²) in [5.41, 5.74) is 3.36. The van der Waals surface area contributed by atoms with Crippen LogP contribution in [0, 0.1) is 5.92 Å². The fourth-order valence-corrected chi connectivity index (χ4v) is 5.35. The molecule has 0 bridgehead atoms. The topological polar surface area (TPSA) is 65.1 Å². The second-order valence-corrected chi connectivity index (χ2v) is 11.9. The number of nitrogens with zero attached hydrogens (tertiary/aromatic N) is 3. The van der Waals surface area contributed by atoms with Gasteiger partial charge in [0.2, 0.25) is 11.8 Å². The number of carbonyl (C=O) groups excluding carboxylic acids is 2. The Morgan fingerprint density at radius 3 is 1.98 bits per heavy atom. The van der Waals surface area contributed by atoms with Crippen molar-refractivity contribution in [3.8, 4) is 5.75 Å². The van der Waals surface area contributed by atoms with Gasteiger partial charge in [0.15, 0.2) is 0 Å². The van der Waals surface area contributed by atoms with E-state index in [1.54, 1.807) is 0 Å². The first-order valence-corrected chi connectivity index (χ1v) is 15.1. The first-order valence-electron chi connectivity index (χ1n) is 15.1. The van der Waals surface area contributed by atoms with E-state index in [1.165, 1.54) is 5.56 Å². The summed E-state index contributed by atoms with van der Waals surface area (Å²) in [6, 6.07) is 27.4. The lowest BCUT2D eigenvalue weighted by Gasteiger charge is -2.37. The van der Waals surface area contributed by atoms with Crippen LogP contribution in [0.15, 0.2) is 84.9 Å². The lowest BCUT2D eigenvalue weighted by Crippen LogP contribution is -2.57. The number of likely N-dealkylation sites (N-methyl/N-ethyl adjacent to an activating group) is 1. The van der Waals surface area contributed by atoms with Gasteiger partial charge in [-0.25, -0.2) is 0 Å². The van der Waals surface area contributed by atoms with Crippen LogP contribution >= 0.6 is 0 Å². The molecule has 0 unspecified atom stereocenters. The van der Waals surface area contributed by atoms with Crippen LogP contribution in [0.1, 0.15) is 37.0 Å². The molecule has 1 saturated heterocycles. The molecular formula is C35H46N4O3. The summed E-state index contributed by atoms with van der Waals surface area (Å²) in [7, 11) is 3.84. The zero-order valence-electron chi connectivity index (χ0n) is 25.5. The molecule has 3 aromatic carbocycles. The molecule has 1 fully saturated rings. The van der Waals surface area contributed by atoms with Crippen molar-refractivity contribution in [2.24, 2.45) is 5.92 Å². The van der Waals surface area contributed by atoms with Crippen LogP contribution in [0.25, 0.3) is 0 Å². The highest BCUT2D eigenvalue weighted by Crippen LogP contribution is 2.18. The van der Waals surface area contributed by atoms with Gasteiger partial charge in [0, 0.05) is 39.1 Å².